The van der Waals surface area contributed by atoms with Crippen LogP contribution in [0.15, 0.2) is 0 Å². The molecule has 0 aliphatic rings. The molecule has 0 aromatic carbocycles. The maximum atomic E-state index is 10.7. The Hall–Kier alpha value is 0.938. The molecule has 2 nitrogen and oxygen atoms in total. The Morgan fingerprint density at radius 2 is 2.12 bits per heavy atom. The van der Waals surface area contributed by atoms with Gasteiger partial charge in [-0.1, -0.05) is 0 Å². The summed E-state index contributed by atoms with van der Waals surface area (Å²) in [5, 5.41) is 0. The zero-order chi connectivity index (χ0) is 6.57. The summed E-state index contributed by atoms with van der Waals surface area (Å²) in [6.45, 7) is 4.84. The van der Waals surface area contributed by atoms with E-state index in [1.807, 2.05) is 14.3 Å². The Kier molecular flexibility index (Phi) is 5.34. The van der Waals surface area contributed by atoms with Crippen LogP contribution >= 0.6 is 0 Å². The van der Waals surface area contributed by atoms with E-state index in [9.17, 15) is 4.79 Å². The molecule has 44 valence electrons. The number of amides is 1. The summed E-state index contributed by atoms with van der Waals surface area (Å²) < 4.78 is 1.94. The molecule has 0 spiro atoms. The van der Waals surface area contributed by atoms with E-state index in [1.165, 1.54) is 0 Å². The Morgan fingerprint density at radius 1 is 1.62 bits per heavy atom. The van der Waals surface area contributed by atoms with Crippen LogP contribution in [0.1, 0.15) is 20.3 Å². The molecule has 0 aliphatic carbocycles. The summed E-state index contributed by atoms with van der Waals surface area (Å²) in [6.07, 6.45) is 0.673. The third-order valence-corrected chi connectivity index (χ3v) is 5.85. The second kappa shape index (κ2) is 4.78. The summed E-state index contributed by atoms with van der Waals surface area (Å²) in [7, 11) is 0. The summed E-state index contributed by atoms with van der Waals surface area (Å²) in [5.74, 6) is 0.317. The van der Waals surface area contributed by atoms with Crippen molar-refractivity contribution in [3.8, 4) is 0 Å². The van der Waals surface area contributed by atoms with Gasteiger partial charge in [0.2, 0.25) is 0 Å². The standard InChI is InChI=1S/C5H11NO.Ra.H/c1-3-5(7)6-4-2;;/h3-4H2,1-2H3,(H,6,7);;/q;+1;/p-1. The van der Waals surface area contributed by atoms with Crippen molar-refractivity contribution >= 4 is 5.91 Å². The van der Waals surface area contributed by atoms with Crippen molar-refractivity contribution in [2.24, 2.45) is 0 Å². The summed E-state index contributed by atoms with van der Waals surface area (Å²) >= 11 is 0.250. The molecule has 0 saturated heterocycles. The van der Waals surface area contributed by atoms with Crippen LogP contribution < -0.4 is 0 Å². The first-order valence-electron chi connectivity index (χ1n) is 2.96. The zero-order valence-electron chi connectivity index (χ0n) is 5.77. The molecule has 0 N–H and O–H groups in total. The molecule has 0 fully saturated rings. The van der Waals surface area contributed by atoms with Crippen LogP contribution in [0.3, 0.4) is 0 Å². The summed E-state index contributed by atoms with van der Waals surface area (Å²) in [4.78, 5) is 10.7. The van der Waals surface area contributed by atoms with Crippen LogP contribution in [0.4, 0.5) is 0 Å². The molecule has 0 radical (unpaired) electrons. The van der Waals surface area contributed by atoms with Gasteiger partial charge in [-0.05, 0) is 0 Å². The number of rotatable bonds is 2. The van der Waals surface area contributed by atoms with Crippen LogP contribution in [0, 0.1) is 43.2 Å². The van der Waals surface area contributed by atoms with Crippen LogP contribution in [0.2, 0.25) is 0 Å². The van der Waals surface area contributed by atoms with E-state index in [1.54, 1.807) is 0 Å². The van der Waals surface area contributed by atoms with Crippen LogP contribution in [-0.2, 0) is 4.79 Å². The van der Waals surface area contributed by atoms with Crippen LogP contribution in [0.5, 0.6) is 0 Å². The third-order valence-electron chi connectivity index (χ3n) is 1.20. The normalized spacial score (nSPS) is 8.62. The minimum atomic E-state index is 0.250. The first kappa shape index (κ1) is 8.94. The molecule has 3 heteroatoms. The average Bonchev–Trinajstić information content (AvgIpc) is 1.84. The van der Waals surface area contributed by atoms with Crippen molar-refractivity contribution in [1.29, 1.82) is 0 Å². The molecule has 0 aromatic rings. The van der Waals surface area contributed by atoms with Gasteiger partial charge in [-0.15, -0.1) is 0 Å². The van der Waals surface area contributed by atoms with Gasteiger partial charge in [0, 0.05) is 0 Å². The topological polar surface area (TPSA) is 20.3 Å². The molecule has 0 heterocycles. The molecule has 8 heavy (non-hydrogen) atoms. The first-order valence-corrected chi connectivity index (χ1v) is 6.63. The Morgan fingerprint density at radius 3 is 2.25 bits per heavy atom. The third kappa shape index (κ3) is 3.06. The van der Waals surface area contributed by atoms with Gasteiger partial charge in [0.05, 0.1) is 0 Å². The summed E-state index contributed by atoms with van der Waals surface area (Å²) in [5.41, 5.74) is 0. The SMILES string of the molecule is CCC(=O)[N]([RaH])CC. The monoisotopic (exact) mass is 327 g/mol. The van der Waals surface area contributed by atoms with Crippen molar-refractivity contribution < 1.29 is 48.0 Å². The molecule has 0 rings (SSSR count). The van der Waals surface area contributed by atoms with Gasteiger partial charge in [-0.2, -0.15) is 0 Å². The van der Waals surface area contributed by atoms with Gasteiger partial charge < -0.3 is 0 Å². The Bertz CT molecular complexity index is 84.5. The molecular formula is C5H11NORa. The van der Waals surface area contributed by atoms with Gasteiger partial charge in [0.1, 0.15) is 0 Å². The van der Waals surface area contributed by atoms with E-state index in [2.05, 4.69) is 0 Å². The molecule has 0 bridgehead atoms. The van der Waals surface area contributed by atoms with Gasteiger partial charge in [0.25, 0.3) is 0 Å². The first-order chi connectivity index (χ1) is 3.72. The Balaban J connectivity index is 3.46. The fourth-order valence-electron chi connectivity index (χ4n) is 0.446. The van der Waals surface area contributed by atoms with E-state index >= 15 is 0 Å². The fourth-order valence-corrected chi connectivity index (χ4v) is 1.75. The van der Waals surface area contributed by atoms with Crippen molar-refractivity contribution in [2.45, 2.75) is 20.3 Å². The van der Waals surface area contributed by atoms with Crippen LogP contribution in [-0.4, -0.2) is 12.9 Å². The number of carbonyl (C=O) groups excluding carboxylic acids is 1. The summed E-state index contributed by atoms with van der Waals surface area (Å²) in [6, 6.07) is 0. The van der Waals surface area contributed by atoms with E-state index in [-0.39, 0.29) is 43.2 Å². The van der Waals surface area contributed by atoms with E-state index in [0.717, 1.165) is 6.54 Å². The average molecular weight is 327 g/mol. The minimum absolute atomic E-state index is 0.250. The number of nitrogens with zero attached hydrogens (tertiary/aromatic N) is 1. The molecule has 0 atom stereocenters. The number of carbonyl (C=O) groups is 1. The van der Waals surface area contributed by atoms with Crippen LogP contribution in [0.25, 0.3) is 0 Å². The predicted octanol–water partition coefficient (Wildman–Crippen LogP) is 0.442. The predicted molar refractivity (Wildman–Crippen MR) is 29.1 cm³/mol. The van der Waals surface area contributed by atoms with Gasteiger partial charge in [-0.25, -0.2) is 0 Å². The quantitative estimate of drug-likeness (QED) is 0.721. The number of hydrogen-bond acceptors (Lipinski definition) is 1. The van der Waals surface area contributed by atoms with Gasteiger partial charge >= 0.3 is 81.2 Å². The molecule has 0 saturated carbocycles. The van der Waals surface area contributed by atoms with E-state index in [0.29, 0.717) is 12.3 Å². The van der Waals surface area contributed by atoms with Crippen molar-refractivity contribution in [1.82, 2.24) is 0.431 Å². The second-order valence-electron chi connectivity index (χ2n) is 1.76. The molecule has 0 aliphatic heterocycles. The van der Waals surface area contributed by atoms with E-state index in [4.69, 9.17) is 0 Å². The Labute approximate surface area is 80.2 Å². The van der Waals surface area contributed by atoms with Crippen molar-refractivity contribution in [3.63, 3.8) is 0 Å². The molecular weight excluding hydrogens is 316 g/mol. The maximum absolute atomic E-state index is 10.7. The molecule has 1 amide bonds. The second-order valence-corrected chi connectivity index (χ2v) is 6.20. The van der Waals surface area contributed by atoms with Crippen molar-refractivity contribution in [2.75, 3.05) is 6.54 Å². The van der Waals surface area contributed by atoms with E-state index < -0.39 is 0 Å². The fraction of sp³-hybridized carbons (Fsp3) is 0.800. The molecule has 0 aromatic heterocycles. The zero-order valence-corrected chi connectivity index (χ0v) is 14.0. The number of hydrogen-bond donors (Lipinski definition) is 0. The van der Waals surface area contributed by atoms with Gasteiger partial charge in [-0.3, -0.25) is 0 Å². The van der Waals surface area contributed by atoms with Crippen molar-refractivity contribution in [3.05, 3.63) is 0 Å². The van der Waals surface area contributed by atoms with Gasteiger partial charge in [0.15, 0.2) is 0 Å². The molecule has 0 unspecified atom stereocenters.